The number of aryl methyl sites for hydroxylation is 1. The molecule has 46 heavy (non-hydrogen) atoms. The summed E-state index contributed by atoms with van der Waals surface area (Å²) < 4.78 is 35.7. The van der Waals surface area contributed by atoms with Crippen molar-refractivity contribution < 1.29 is 22.8 Å². The average Bonchev–Trinajstić information content (AvgIpc) is 3.64. The third-order valence-electron chi connectivity index (χ3n) is 8.87. The van der Waals surface area contributed by atoms with Crippen molar-refractivity contribution >= 4 is 40.1 Å². The van der Waals surface area contributed by atoms with E-state index in [0.717, 1.165) is 68.0 Å². The summed E-state index contributed by atoms with van der Waals surface area (Å²) >= 11 is 1.56. The van der Waals surface area contributed by atoms with Crippen LogP contribution in [0.5, 0.6) is 0 Å². The molecule has 1 aromatic carbocycles. The summed E-state index contributed by atoms with van der Waals surface area (Å²) in [6.07, 6.45) is 9.04. The molecule has 0 spiro atoms. The second kappa shape index (κ2) is 14.6. The zero-order valence-electron chi connectivity index (χ0n) is 26.2. The molecule has 1 saturated heterocycles. The van der Waals surface area contributed by atoms with Gasteiger partial charge in [-0.3, -0.25) is 24.4 Å². The van der Waals surface area contributed by atoms with Crippen LogP contribution >= 0.6 is 11.3 Å². The smallest absolute Gasteiger partial charge is 0.372 e. The first kappa shape index (κ1) is 33.4. The quantitative estimate of drug-likeness (QED) is 0.250. The molecule has 12 heteroatoms. The number of alkyl halides is 3. The Labute approximate surface area is 271 Å². The number of carbonyl (C=O) groups excluding carboxylic acids is 2. The van der Waals surface area contributed by atoms with Gasteiger partial charge in [0.15, 0.2) is 0 Å². The van der Waals surface area contributed by atoms with Crippen molar-refractivity contribution in [1.29, 1.82) is 5.26 Å². The summed E-state index contributed by atoms with van der Waals surface area (Å²) in [6.45, 7) is 4.34. The van der Waals surface area contributed by atoms with Gasteiger partial charge in [0, 0.05) is 66.7 Å². The number of hydrogen-bond acceptors (Lipinski definition) is 8. The summed E-state index contributed by atoms with van der Waals surface area (Å²) in [5.41, 5.74) is 6.21. The maximum atomic E-state index is 11.6. The van der Waals surface area contributed by atoms with Crippen molar-refractivity contribution in [3.63, 3.8) is 0 Å². The SMILES string of the molecule is C/C=C\N(C)CC(F)(F)F.N#Cc1cc2c(c(-c3ccnc4cc(CN(C=O)C=O)sc34)c1)N(C1CCN(C3CCC3)C1)CCC2. The van der Waals surface area contributed by atoms with Gasteiger partial charge in [0.1, 0.15) is 6.54 Å². The van der Waals surface area contributed by atoms with Gasteiger partial charge >= 0.3 is 6.18 Å². The zero-order chi connectivity index (χ0) is 32.8. The summed E-state index contributed by atoms with van der Waals surface area (Å²) in [7, 11) is 1.38. The van der Waals surface area contributed by atoms with E-state index in [4.69, 9.17) is 0 Å². The molecule has 0 N–H and O–H groups in total. The van der Waals surface area contributed by atoms with Gasteiger partial charge in [-0.2, -0.15) is 18.4 Å². The van der Waals surface area contributed by atoms with Crippen LogP contribution in [0.3, 0.4) is 0 Å². The molecule has 1 atom stereocenters. The Kier molecular flexibility index (Phi) is 10.6. The number of thiophene rings is 1. The van der Waals surface area contributed by atoms with Crippen LogP contribution in [0.15, 0.2) is 42.7 Å². The summed E-state index contributed by atoms with van der Waals surface area (Å²) in [5.74, 6) is 0. The largest absolute Gasteiger partial charge is 0.405 e. The lowest BCUT2D eigenvalue weighted by Gasteiger charge is -2.39. The molecular formula is C34H39F3N6O2S. The molecule has 2 aliphatic heterocycles. The molecule has 6 rings (SSSR count). The summed E-state index contributed by atoms with van der Waals surface area (Å²) in [5, 5.41) is 9.84. The number of pyridine rings is 1. The van der Waals surface area contributed by atoms with Crippen LogP contribution in [0.25, 0.3) is 21.3 Å². The predicted molar refractivity (Wildman–Crippen MR) is 174 cm³/mol. The second-order valence-electron chi connectivity index (χ2n) is 12.1. The van der Waals surface area contributed by atoms with Crippen molar-refractivity contribution in [3.8, 4) is 17.2 Å². The van der Waals surface area contributed by atoms with Gasteiger partial charge in [0.25, 0.3) is 0 Å². The van der Waals surface area contributed by atoms with Crippen LogP contribution in [0.4, 0.5) is 18.9 Å². The fourth-order valence-electron chi connectivity index (χ4n) is 6.66. The maximum Gasteiger partial charge on any atom is 0.405 e. The first-order valence-corrected chi connectivity index (χ1v) is 16.5. The van der Waals surface area contributed by atoms with E-state index in [0.29, 0.717) is 24.4 Å². The fraction of sp³-hybridized carbons (Fsp3) is 0.471. The molecule has 2 fully saturated rings. The molecule has 2 aromatic heterocycles. The van der Waals surface area contributed by atoms with E-state index in [1.54, 1.807) is 24.3 Å². The van der Waals surface area contributed by atoms with Crippen LogP contribution < -0.4 is 4.90 Å². The van der Waals surface area contributed by atoms with Crippen molar-refractivity contribution in [1.82, 2.24) is 19.7 Å². The molecule has 1 aliphatic carbocycles. The molecule has 1 unspecified atom stereocenters. The maximum absolute atomic E-state index is 11.6. The molecule has 3 aliphatic rings. The number of aromatic nitrogens is 1. The number of fused-ring (bicyclic) bond motifs is 2. The number of nitrogens with zero attached hydrogens (tertiary/aromatic N) is 6. The Bertz CT molecular complexity index is 1600. The lowest BCUT2D eigenvalue weighted by molar-refractivity contribution is -0.138. The highest BCUT2D eigenvalue weighted by atomic mass is 32.1. The van der Waals surface area contributed by atoms with Crippen molar-refractivity contribution in [2.24, 2.45) is 0 Å². The number of amides is 2. The van der Waals surface area contributed by atoms with Crippen molar-refractivity contribution in [3.05, 3.63) is 58.7 Å². The predicted octanol–water partition coefficient (Wildman–Crippen LogP) is 6.34. The van der Waals surface area contributed by atoms with Gasteiger partial charge in [-0.1, -0.05) is 12.5 Å². The third-order valence-corrected chi connectivity index (χ3v) is 10.0. The van der Waals surface area contributed by atoms with E-state index in [-0.39, 0.29) is 6.54 Å². The molecule has 2 amide bonds. The minimum atomic E-state index is -4.10. The lowest BCUT2D eigenvalue weighted by Crippen LogP contribution is -2.44. The minimum Gasteiger partial charge on any atom is -0.372 e. The lowest BCUT2D eigenvalue weighted by atomic mass is 9.90. The Morgan fingerprint density at radius 3 is 2.52 bits per heavy atom. The van der Waals surface area contributed by atoms with Gasteiger partial charge in [0.05, 0.1) is 28.4 Å². The van der Waals surface area contributed by atoms with Gasteiger partial charge in [0.2, 0.25) is 12.8 Å². The van der Waals surface area contributed by atoms with E-state index >= 15 is 0 Å². The fourth-order valence-corrected chi connectivity index (χ4v) is 7.81. The van der Waals surface area contributed by atoms with E-state index in [1.807, 2.05) is 24.4 Å². The van der Waals surface area contributed by atoms with Gasteiger partial charge in [-0.25, -0.2) is 0 Å². The van der Waals surface area contributed by atoms with E-state index < -0.39 is 12.7 Å². The number of hydrogen-bond donors (Lipinski definition) is 0. The first-order chi connectivity index (χ1) is 22.1. The molecule has 8 nitrogen and oxygen atoms in total. The van der Waals surface area contributed by atoms with E-state index in [9.17, 15) is 28.0 Å². The molecule has 1 saturated carbocycles. The molecule has 244 valence electrons. The number of allylic oxidation sites excluding steroid dienone is 1. The van der Waals surface area contributed by atoms with Crippen LogP contribution in [-0.2, 0) is 22.6 Å². The van der Waals surface area contributed by atoms with Crippen LogP contribution in [0, 0.1) is 11.3 Å². The van der Waals surface area contributed by atoms with Crippen LogP contribution in [0.2, 0.25) is 0 Å². The number of anilines is 1. The normalized spacial score (nSPS) is 18.4. The molecule has 0 bridgehead atoms. The molecule has 3 aromatic rings. The Hall–Kier alpha value is -3.95. The highest BCUT2D eigenvalue weighted by Gasteiger charge is 2.36. The number of carbonyl (C=O) groups is 2. The second-order valence-corrected chi connectivity index (χ2v) is 13.3. The number of imide groups is 1. The highest BCUT2D eigenvalue weighted by Crippen LogP contribution is 2.44. The average molecular weight is 653 g/mol. The number of rotatable bonds is 9. The van der Waals surface area contributed by atoms with E-state index in [1.165, 1.54) is 56.7 Å². The zero-order valence-corrected chi connectivity index (χ0v) is 27.0. The standard InChI is InChI=1S/C28H29N5O2S.C6H10F3N/c29-14-19-11-20-3-2-9-33(22-7-10-32(15-22)21-4-1-5-21)27(20)25(12-19)24-6-8-30-26-13-23(36-28(24)26)16-31(17-34)18-35;1-3-4-10(2)5-6(7,8)9/h6,8,11-13,17-18,21-22H,1-5,7,9-10,15-16H2;3-4H,5H2,1-2H3/b;4-3-. The molecule has 0 radical (unpaired) electrons. The Morgan fingerprint density at radius 1 is 1.09 bits per heavy atom. The van der Waals surface area contributed by atoms with Gasteiger partial charge in [-0.05, 0) is 75.1 Å². The van der Waals surface area contributed by atoms with Crippen LogP contribution in [0.1, 0.15) is 55.0 Å². The van der Waals surface area contributed by atoms with Crippen molar-refractivity contribution in [2.45, 2.75) is 70.3 Å². The number of halogens is 3. The number of likely N-dealkylation sites (tertiary alicyclic amines) is 1. The van der Waals surface area contributed by atoms with E-state index in [2.05, 4.69) is 26.9 Å². The topological polar surface area (TPSA) is 83.8 Å². The number of benzene rings is 1. The monoisotopic (exact) mass is 652 g/mol. The minimum absolute atomic E-state index is 0.231. The van der Waals surface area contributed by atoms with Gasteiger partial charge < -0.3 is 9.80 Å². The Balaban J connectivity index is 0.000000362. The first-order valence-electron chi connectivity index (χ1n) is 15.7. The van der Waals surface area contributed by atoms with Crippen LogP contribution in [-0.4, -0.2) is 84.0 Å². The molecular weight excluding hydrogens is 613 g/mol. The van der Waals surface area contributed by atoms with Crippen molar-refractivity contribution in [2.75, 3.05) is 38.1 Å². The third kappa shape index (κ3) is 7.70. The summed E-state index contributed by atoms with van der Waals surface area (Å²) in [4.78, 5) is 35.3. The summed E-state index contributed by atoms with van der Waals surface area (Å²) in [6, 6.07) is 11.7. The highest BCUT2D eigenvalue weighted by molar-refractivity contribution is 7.19. The molecule has 4 heterocycles. The number of nitriles is 1. The van der Waals surface area contributed by atoms with Gasteiger partial charge in [-0.15, -0.1) is 11.3 Å². The Morgan fingerprint density at radius 2 is 1.87 bits per heavy atom.